The third-order valence-corrected chi connectivity index (χ3v) is 5.69. The molecule has 1 aromatic carbocycles. The normalized spacial score (nSPS) is 22.7. The van der Waals surface area contributed by atoms with Gasteiger partial charge in [-0.2, -0.15) is 0 Å². The molecule has 1 fully saturated rings. The molecule has 2 aliphatic carbocycles. The van der Waals surface area contributed by atoms with Crippen LogP contribution in [-0.4, -0.2) is 42.8 Å². The van der Waals surface area contributed by atoms with Crippen molar-refractivity contribution in [3.63, 3.8) is 0 Å². The Hall–Kier alpha value is -1.68. The second-order valence-electron chi connectivity index (χ2n) is 8.57. The number of ketones is 1. The van der Waals surface area contributed by atoms with Crippen molar-refractivity contribution in [1.29, 1.82) is 0 Å². The van der Waals surface area contributed by atoms with E-state index in [4.69, 9.17) is 0 Å². The largest absolute Gasteiger partial charge is 0.349 e. The van der Waals surface area contributed by atoms with Gasteiger partial charge in [0.05, 0.1) is 0 Å². The highest BCUT2D eigenvalue weighted by Gasteiger charge is 2.28. The van der Waals surface area contributed by atoms with Crippen LogP contribution in [0.15, 0.2) is 18.2 Å². The van der Waals surface area contributed by atoms with Gasteiger partial charge >= 0.3 is 0 Å². The molecule has 2 atom stereocenters. The van der Waals surface area contributed by atoms with Crippen LogP contribution in [0, 0.1) is 11.8 Å². The first-order valence-electron chi connectivity index (χ1n) is 10.1. The van der Waals surface area contributed by atoms with Gasteiger partial charge in [0.15, 0.2) is 5.78 Å². The SMILES string of the molecule is CC(C)CN(C)C[C@@H]1CCC[C@H](NC(=O)c2cccc3c2CCC3=O)C1. The standard InChI is InChI=1S/C22H32N2O2/c1-15(2)13-24(3)14-16-6-4-7-17(12-16)23-22(26)20-9-5-8-19-18(20)10-11-21(19)25/h5,8-9,15-17H,4,6-7,10-14H2,1-3H3,(H,23,26)/t16-,17+/m1/s1. The topological polar surface area (TPSA) is 49.4 Å². The summed E-state index contributed by atoms with van der Waals surface area (Å²) in [6, 6.07) is 5.80. The summed E-state index contributed by atoms with van der Waals surface area (Å²) < 4.78 is 0. The number of hydrogen-bond acceptors (Lipinski definition) is 3. The number of carbonyl (C=O) groups excluding carboxylic acids is 2. The summed E-state index contributed by atoms with van der Waals surface area (Å²) in [6.45, 7) is 6.74. The molecule has 0 radical (unpaired) electrons. The molecule has 0 bridgehead atoms. The number of benzene rings is 1. The molecule has 26 heavy (non-hydrogen) atoms. The fourth-order valence-electron chi connectivity index (χ4n) is 4.69. The first-order valence-corrected chi connectivity index (χ1v) is 10.1. The van der Waals surface area contributed by atoms with E-state index >= 15 is 0 Å². The predicted molar refractivity (Wildman–Crippen MR) is 105 cm³/mol. The Kier molecular flexibility index (Phi) is 6.13. The molecule has 1 saturated carbocycles. The lowest BCUT2D eigenvalue weighted by atomic mass is 9.85. The van der Waals surface area contributed by atoms with Gasteiger partial charge in [0.2, 0.25) is 0 Å². The maximum Gasteiger partial charge on any atom is 0.251 e. The number of carbonyl (C=O) groups is 2. The van der Waals surface area contributed by atoms with E-state index in [1.165, 1.54) is 12.8 Å². The third-order valence-electron chi connectivity index (χ3n) is 5.69. The van der Waals surface area contributed by atoms with Crippen molar-refractivity contribution < 1.29 is 9.59 Å². The Bertz CT molecular complexity index is 668. The van der Waals surface area contributed by atoms with Crippen molar-refractivity contribution in [3.8, 4) is 0 Å². The van der Waals surface area contributed by atoms with E-state index in [9.17, 15) is 9.59 Å². The predicted octanol–water partition coefficient (Wildman–Crippen LogP) is 3.69. The summed E-state index contributed by atoms with van der Waals surface area (Å²) >= 11 is 0. The van der Waals surface area contributed by atoms with Gasteiger partial charge in [-0.25, -0.2) is 0 Å². The number of nitrogens with one attached hydrogen (secondary N) is 1. The average molecular weight is 357 g/mol. The number of amides is 1. The van der Waals surface area contributed by atoms with E-state index < -0.39 is 0 Å². The number of hydrogen-bond donors (Lipinski definition) is 1. The van der Waals surface area contributed by atoms with Crippen LogP contribution in [0.3, 0.4) is 0 Å². The lowest BCUT2D eigenvalue weighted by Crippen LogP contribution is -2.41. The molecule has 3 rings (SSSR count). The van der Waals surface area contributed by atoms with Gasteiger partial charge in [-0.05, 0) is 56.2 Å². The Morgan fingerprint density at radius 2 is 2.08 bits per heavy atom. The van der Waals surface area contributed by atoms with Crippen molar-refractivity contribution in [2.75, 3.05) is 20.1 Å². The summed E-state index contributed by atoms with van der Waals surface area (Å²) in [6.07, 6.45) is 5.78. The van der Waals surface area contributed by atoms with Gasteiger partial charge in [-0.1, -0.05) is 32.4 Å². The van der Waals surface area contributed by atoms with Crippen LogP contribution in [0.1, 0.15) is 72.2 Å². The van der Waals surface area contributed by atoms with Gasteiger partial charge in [-0.3, -0.25) is 9.59 Å². The number of Topliss-reactive ketones (excluding diaryl/α,β-unsaturated/α-hetero) is 1. The molecule has 1 amide bonds. The van der Waals surface area contributed by atoms with E-state index in [0.29, 0.717) is 30.2 Å². The lowest BCUT2D eigenvalue weighted by Gasteiger charge is -2.33. The van der Waals surface area contributed by atoms with E-state index in [1.54, 1.807) is 0 Å². The van der Waals surface area contributed by atoms with Crippen molar-refractivity contribution in [3.05, 3.63) is 34.9 Å². The summed E-state index contributed by atoms with van der Waals surface area (Å²) in [7, 11) is 2.20. The number of rotatable bonds is 6. The van der Waals surface area contributed by atoms with Crippen LogP contribution >= 0.6 is 0 Å². The van der Waals surface area contributed by atoms with Crippen LogP contribution in [0.5, 0.6) is 0 Å². The summed E-state index contributed by atoms with van der Waals surface area (Å²) in [5.74, 6) is 1.50. The Morgan fingerprint density at radius 1 is 1.27 bits per heavy atom. The van der Waals surface area contributed by atoms with Crippen LogP contribution in [0.4, 0.5) is 0 Å². The highest BCUT2D eigenvalue weighted by molar-refractivity contribution is 6.05. The van der Waals surface area contributed by atoms with Crippen LogP contribution in [0.25, 0.3) is 0 Å². The van der Waals surface area contributed by atoms with Crippen molar-refractivity contribution in [2.45, 2.75) is 58.4 Å². The van der Waals surface area contributed by atoms with Crippen LogP contribution in [0.2, 0.25) is 0 Å². The maximum absolute atomic E-state index is 12.8. The zero-order chi connectivity index (χ0) is 18.7. The smallest absolute Gasteiger partial charge is 0.251 e. The molecular weight excluding hydrogens is 324 g/mol. The lowest BCUT2D eigenvalue weighted by molar-refractivity contribution is 0.0912. The molecule has 142 valence electrons. The second kappa shape index (κ2) is 8.34. The van der Waals surface area contributed by atoms with E-state index in [-0.39, 0.29) is 17.7 Å². The zero-order valence-electron chi connectivity index (χ0n) is 16.4. The Labute approximate surface area is 157 Å². The van der Waals surface area contributed by atoms with E-state index in [0.717, 1.165) is 37.1 Å². The van der Waals surface area contributed by atoms with Crippen molar-refractivity contribution in [2.24, 2.45) is 11.8 Å². The van der Waals surface area contributed by atoms with Gasteiger partial charge in [0, 0.05) is 36.7 Å². The third kappa shape index (κ3) is 4.53. The first-order chi connectivity index (χ1) is 12.4. The van der Waals surface area contributed by atoms with Crippen molar-refractivity contribution >= 4 is 11.7 Å². The molecule has 0 saturated heterocycles. The molecule has 0 spiro atoms. The highest BCUT2D eigenvalue weighted by Crippen LogP contribution is 2.28. The van der Waals surface area contributed by atoms with E-state index in [2.05, 4.69) is 31.1 Å². The number of nitrogens with zero attached hydrogens (tertiary/aromatic N) is 1. The van der Waals surface area contributed by atoms with Gasteiger partial charge in [0.25, 0.3) is 5.91 Å². The summed E-state index contributed by atoms with van der Waals surface area (Å²) in [4.78, 5) is 27.2. The molecule has 0 aliphatic heterocycles. The van der Waals surface area contributed by atoms with E-state index in [1.807, 2.05) is 18.2 Å². The monoisotopic (exact) mass is 356 g/mol. The molecule has 1 N–H and O–H groups in total. The molecule has 2 aliphatic rings. The molecule has 4 nitrogen and oxygen atoms in total. The average Bonchev–Trinajstić information content (AvgIpc) is 2.95. The minimum Gasteiger partial charge on any atom is -0.349 e. The van der Waals surface area contributed by atoms with Gasteiger partial charge in [0.1, 0.15) is 0 Å². The molecule has 1 aromatic rings. The second-order valence-corrected chi connectivity index (χ2v) is 8.57. The molecule has 0 unspecified atom stereocenters. The molecular formula is C22H32N2O2. The summed E-state index contributed by atoms with van der Waals surface area (Å²) in [5.41, 5.74) is 2.39. The van der Waals surface area contributed by atoms with Crippen LogP contribution in [-0.2, 0) is 6.42 Å². The minimum absolute atomic E-state index is 0.00210. The Balaban J connectivity index is 1.59. The highest BCUT2D eigenvalue weighted by atomic mass is 16.1. The molecule has 0 aromatic heterocycles. The maximum atomic E-state index is 12.8. The van der Waals surface area contributed by atoms with Crippen LogP contribution < -0.4 is 5.32 Å². The van der Waals surface area contributed by atoms with Gasteiger partial charge in [-0.15, -0.1) is 0 Å². The number of fused-ring (bicyclic) bond motifs is 1. The minimum atomic E-state index is -0.00210. The molecule has 0 heterocycles. The van der Waals surface area contributed by atoms with Crippen molar-refractivity contribution in [1.82, 2.24) is 10.2 Å². The first kappa shape index (κ1) is 19.1. The quantitative estimate of drug-likeness (QED) is 0.846. The summed E-state index contributed by atoms with van der Waals surface area (Å²) in [5, 5.41) is 3.25. The fraction of sp³-hybridized carbons (Fsp3) is 0.636. The Morgan fingerprint density at radius 3 is 2.85 bits per heavy atom. The molecule has 4 heteroatoms. The van der Waals surface area contributed by atoms with Gasteiger partial charge < -0.3 is 10.2 Å². The zero-order valence-corrected chi connectivity index (χ0v) is 16.4. The fourth-order valence-corrected chi connectivity index (χ4v) is 4.69.